The van der Waals surface area contributed by atoms with Crippen molar-refractivity contribution in [3.8, 4) is 17.0 Å². The first-order valence-corrected chi connectivity index (χ1v) is 8.16. The number of carbonyl (C=O) groups is 1. The van der Waals surface area contributed by atoms with Crippen LogP contribution in [0.1, 0.15) is 16.8 Å². The average molecular weight is 336 g/mol. The normalized spacial score (nSPS) is 10.6. The Morgan fingerprint density at radius 2 is 1.92 bits per heavy atom. The van der Waals surface area contributed by atoms with Crippen molar-refractivity contribution in [1.82, 2.24) is 10.3 Å². The zero-order valence-corrected chi connectivity index (χ0v) is 14.0. The quantitative estimate of drug-likeness (QED) is 0.679. The van der Waals surface area contributed by atoms with E-state index in [0.29, 0.717) is 18.5 Å². The highest BCUT2D eigenvalue weighted by Crippen LogP contribution is 2.26. The topological polar surface area (TPSA) is 71.5 Å². The molecule has 128 valence electrons. The van der Waals surface area contributed by atoms with E-state index in [-0.39, 0.29) is 12.5 Å². The molecule has 0 aliphatic rings. The summed E-state index contributed by atoms with van der Waals surface area (Å²) in [6, 6.07) is 17.0. The number of hydrogen-bond acceptors (Lipinski definition) is 4. The number of methoxy groups -OCH3 is 1. The van der Waals surface area contributed by atoms with Gasteiger partial charge in [0.1, 0.15) is 5.75 Å². The number of nitrogens with zero attached hydrogens (tertiary/aromatic N) is 1. The largest absolute Gasteiger partial charge is 0.497 e. The number of carbonyl (C=O) groups excluding carboxylic acids is 1. The third-order valence-electron chi connectivity index (χ3n) is 3.97. The Morgan fingerprint density at radius 3 is 2.64 bits per heavy atom. The predicted octanol–water partition coefficient (Wildman–Crippen LogP) is 3.02. The van der Waals surface area contributed by atoms with Crippen LogP contribution < -0.4 is 10.1 Å². The van der Waals surface area contributed by atoms with E-state index in [9.17, 15) is 4.79 Å². The molecule has 2 aromatic carbocycles. The summed E-state index contributed by atoms with van der Waals surface area (Å²) in [6.07, 6.45) is 0.528. The van der Waals surface area contributed by atoms with Crippen LogP contribution in [0.3, 0.4) is 0 Å². The Balaban J connectivity index is 2.03. The fourth-order valence-electron chi connectivity index (χ4n) is 2.65. The van der Waals surface area contributed by atoms with E-state index < -0.39 is 0 Å². The molecule has 0 fully saturated rings. The molecular formula is C20H20N2O3. The van der Waals surface area contributed by atoms with E-state index in [4.69, 9.17) is 9.84 Å². The minimum atomic E-state index is -0.165. The standard InChI is InChI=1S/C20H20N2O3/c1-25-15-9-7-14(8-10-15)19-13-17(20(24)21-11-4-12-23)16-5-2-3-6-18(16)22-19/h2-3,5-10,13,23H,4,11-12H2,1H3,(H,21,24). The Morgan fingerprint density at radius 1 is 1.16 bits per heavy atom. The monoisotopic (exact) mass is 336 g/mol. The summed E-state index contributed by atoms with van der Waals surface area (Å²) in [4.78, 5) is 17.3. The van der Waals surface area contributed by atoms with Crippen LogP contribution in [-0.4, -0.2) is 36.3 Å². The van der Waals surface area contributed by atoms with Crippen molar-refractivity contribution < 1.29 is 14.6 Å². The van der Waals surface area contributed by atoms with Crippen LogP contribution in [-0.2, 0) is 0 Å². The highest BCUT2D eigenvalue weighted by Gasteiger charge is 2.13. The van der Waals surface area contributed by atoms with Gasteiger partial charge in [0.15, 0.2) is 0 Å². The van der Waals surface area contributed by atoms with Crippen LogP contribution in [0.2, 0.25) is 0 Å². The van der Waals surface area contributed by atoms with Crippen LogP contribution in [0.4, 0.5) is 0 Å². The maximum atomic E-state index is 12.6. The lowest BCUT2D eigenvalue weighted by atomic mass is 10.0. The van der Waals surface area contributed by atoms with Gasteiger partial charge in [0.2, 0.25) is 0 Å². The fourth-order valence-corrected chi connectivity index (χ4v) is 2.65. The Kier molecular flexibility index (Phi) is 5.26. The summed E-state index contributed by atoms with van der Waals surface area (Å²) < 4.78 is 5.19. The highest BCUT2D eigenvalue weighted by atomic mass is 16.5. The van der Waals surface area contributed by atoms with Gasteiger partial charge in [0.25, 0.3) is 5.91 Å². The van der Waals surface area contributed by atoms with Gasteiger partial charge in [-0.3, -0.25) is 4.79 Å². The minimum absolute atomic E-state index is 0.0501. The SMILES string of the molecule is COc1ccc(-c2cc(C(=O)NCCCO)c3ccccc3n2)cc1. The molecule has 3 rings (SSSR count). The Bertz CT molecular complexity index is 876. The summed E-state index contributed by atoms with van der Waals surface area (Å²) in [5.41, 5.74) is 2.99. The Hall–Kier alpha value is -2.92. The molecule has 0 bridgehead atoms. The first kappa shape index (κ1) is 16.9. The van der Waals surface area contributed by atoms with Gasteiger partial charge >= 0.3 is 0 Å². The smallest absolute Gasteiger partial charge is 0.252 e. The van der Waals surface area contributed by atoms with Gasteiger partial charge in [0, 0.05) is 24.1 Å². The molecular weight excluding hydrogens is 316 g/mol. The number of aliphatic hydroxyl groups is 1. The van der Waals surface area contributed by atoms with Crippen LogP contribution in [0.15, 0.2) is 54.6 Å². The molecule has 5 heteroatoms. The van der Waals surface area contributed by atoms with Gasteiger partial charge in [-0.2, -0.15) is 0 Å². The number of para-hydroxylation sites is 1. The summed E-state index contributed by atoms with van der Waals surface area (Å²) in [7, 11) is 1.62. The van der Waals surface area contributed by atoms with E-state index in [1.165, 1.54) is 0 Å². The van der Waals surface area contributed by atoms with Gasteiger partial charge in [-0.05, 0) is 42.8 Å². The maximum absolute atomic E-state index is 12.6. The number of pyridine rings is 1. The molecule has 0 aliphatic carbocycles. The average Bonchev–Trinajstić information content (AvgIpc) is 2.67. The van der Waals surface area contributed by atoms with Crippen LogP contribution in [0.5, 0.6) is 5.75 Å². The number of benzene rings is 2. The molecule has 0 saturated carbocycles. The van der Waals surface area contributed by atoms with E-state index in [1.54, 1.807) is 13.2 Å². The van der Waals surface area contributed by atoms with Gasteiger partial charge in [-0.15, -0.1) is 0 Å². The number of nitrogens with one attached hydrogen (secondary N) is 1. The third-order valence-corrected chi connectivity index (χ3v) is 3.97. The molecule has 25 heavy (non-hydrogen) atoms. The van der Waals surface area contributed by atoms with Crippen molar-refractivity contribution in [2.75, 3.05) is 20.3 Å². The second-order valence-corrected chi connectivity index (χ2v) is 5.63. The van der Waals surface area contributed by atoms with Crippen LogP contribution >= 0.6 is 0 Å². The van der Waals surface area contributed by atoms with Crippen molar-refractivity contribution in [1.29, 1.82) is 0 Å². The molecule has 0 atom stereocenters. The number of aliphatic hydroxyl groups excluding tert-OH is 1. The van der Waals surface area contributed by atoms with Crippen LogP contribution in [0, 0.1) is 0 Å². The molecule has 1 heterocycles. The molecule has 0 spiro atoms. The molecule has 0 saturated heterocycles. The van der Waals surface area contributed by atoms with Crippen molar-refractivity contribution >= 4 is 16.8 Å². The lowest BCUT2D eigenvalue weighted by molar-refractivity contribution is 0.0953. The molecule has 1 amide bonds. The molecule has 2 N–H and O–H groups in total. The second-order valence-electron chi connectivity index (χ2n) is 5.63. The molecule has 1 aromatic heterocycles. The van der Waals surface area contributed by atoms with E-state index >= 15 is 0 Å². The number of amides is 1. The maximum Gasteiger partial charge on any atom is 0.252 e. The summed E-state index contributed by atoms with van der Waals surface area (Å²) in [6.45, 7) is 0.484. The van der Waals surface area contributed by atoms with E-state index in [1.807, 2.05) is 48.5 Å². The zero-order valence-electron chi connectivity index (χ0n) is 14.0. The van der Waals surface area contributed by atoms with Gasteiger partial charge in [-0.25, -0.2) is 4.98 Å². The van der Waals surface area contributed by atoms with Gasteiger partial charge in [-0.1, -0.05) is 18.2 Å². The number of ether oxygens (including phenoxy) is 1. The lowest BCUT2D eigenvalue weighted by Crippen LogP contribution is -2.25. The summed E-state index contributed by atoms with van der Waals surface area (Å²) in [5, 5.41) is 12.5. The number of hydrogen-bond donors (Lipinski definition) is 2. The molecule has 0 radical (unpaired) electrons. The van der Waals surface area contributed by atoms with Crippen molar-refractivity contribution in [2.45, 2.75) is 6.42 Å². The van der Waals surface area contributed by atoms with E-state index in [2.05, 4.69) is 10.3 Å². The third kappa shape index (κ3) is 3.78. The van der Waals surface area contributed by atoms with Crippen molar-refractivity contribution in [3.05, 3.63) is 60.2 Å². The number of aromatic nitrogens is 1. The van der Waals surface area contributed by atoms with Crippen LogP contribution in [0.25, 0.3) is 22.2 Å². The minimum Gasteiger partial charge on any atom is -0.497 e. The molecule has 5 nitrogen and oxygen atoms in total. The van der Waals surface area contributed by atoms with Crippen molar-refractivity contribution in [2.24, 2.45) is 0 Å². The first-order chi connectivity index (χ1) is 12.2. The zero-order chi connectivity index (χ0) is 17.6. The highest BCUT2D eigenvalue weighted by molar-refractivity contribution is 6.07. The number of rotatable bonds is 6. The number of fused-ring (bicyclic) bond motifs is 1. The molecule has 0 aliphatic heterocycles. The summed E-state index contributed by atoms with van der Waals surface area (Å²) >= 11 is 0. The predicted molar refractivity (Wildman–Crippen MR) is 97.8 cm³/mol. The fraction of sp³-hybridized carbons (Fsp3) is 0.200. The molecule has 0 unspecified atom stereocenters. The second kappa shape index (κ2) is 7.77. The first-order valence-electron chi connectivity index (χ1n) is 8.16. The van der Waals surface area contributed by atoms with Crippen molar-refractivity contribution in [3.63, 3.8) is 0 Å². The van der Waals surface area contributed by atoms with Gasteiger partial charge < -0.3 is 15.2 Å². The van der Waals surface area contributed by atoms with Gasteiger partial charge in [0.05, 0.1) is 23.9 Å². The summed E-state index contributed by atoms with van der Waals surface area (Å²) in [5.74, 6) is 0.605. The Labute approximate surface area is 146 Å². The molecule has 3 aromatic rings. The lowest BCUT2D eigenvalue weighted by Gasteiger charge is -2.11. The van der Waals surface area contributed by atoms with E-state index in [0.717, 1.165) is 27.9 Å².